The Morgan fingerprint density at radius 3 is 2.84 bits per heavy atom. The molecule has 2 N–H and O–H groups in total. The summed E-state index contributed by atoms with van der Waals surface area (Å²) >= 11 is 0. The molecule has 1 aliphatic rings. The lowest BCUT2D eigenvalue weighted by Gasteiger charge is -2.24. The normalized spacial score (nSPS) is 18.9. The van der Waals surface area contributed by atoms with Gasteiger partial charge in [0.15, 0.2) is 11.5 Å². The van der Waals surface area contributed by atoms with Crippen molar-refractivity contribution in [3.8, 4) is 11.5 Å². The molecule has 0 spiro atoms. The molecule has 2 rings (SSSR count). The van der Waals surface area contributed by atoms with Crippen molar-refractivity contribution >= 4 is 5.69 Å². The number of rotatable bonds is 6. The molecule has 5 heteroatoms. The number of methoxy groups -OCH3 is 2. The van der Waals surface area contributed by atoms with Gasteiger partial charge >= 0.3 is 0 Å². The molecule has 1 aromatic carbocycles. The first-order chi connectivity index (χ1) is 9.33. The number of ether oxygens (including phenoxy) is 3. The Hall–Kier alpha value is -1.46. The third-order valence-corrected chi connectivity index (χ3v) is 3.20. The maximum absolute atomic E-state index is 5.42. The van der Waals surface area contributed by atoms with Crippen molar-refractivity contribution in [2.75, 3.05) is 45.8 Å². The molecule has 5 nitrogen and oxygen atoms in total. The van der Waals surface area contributed by atoms with E-state index in [9.17, 15) is 0 Å². The molecule has 106 valence electrons. The van der Waals surface area contributed by atoms with Crippen molar-refractivity contribution in [2.45, 2.75) is 12.5 Å². The van der Waals surface area contributed by atoms with Crippen LogP contribution in [0.5, 0.6) is 11.5 Å². The maximum Gasteiger partial charge on any atom is 0.162 e. The Labute approximate surface area is 114 Å². The van der Waals surface area contributed by atoms with Crippen LogP contribution < -0.4 is 20.1 Å². The second-order valence-corrected chi connectivity index (χ2v) is 4.51. The van der Waals surface area contributed by atoms with Crippen molar-refractivity contribution < 1.29 is 14.2 Å². The number of hydrogen-bond acceptors (Lipinski definition) is 5. The summed E-state index contributed by atoms with van der Waals surface area (Å²) in [7, 11) is 3.28. The number of anilines is 1. The molecule has 1 fully saturated rings. The zero-order valence-corrected chi connectivity index (χ0v) is 11.6. The van der Waals surface area contributed by atoms with Crippen LogP contribution in [-0.4, -0.2) is 46.6 Å². The highest BCUT2D eigenvalue weighted by atomic mass is 16.5. The fourth-order valence-corrected chi connectivity index (χ4v) is 2.14. The van der Waals surface area contributed by atoms with E-state index in [1.165, 1.54) is 0 Å². The highest BCUT2D eigenvalue weighted by Crippen LogP contribution is 2.29. The lowest BCUT2D eigenvalue weighted by molar-refractivity contribution is 0.0753. The molecular formula is C14H22N2O3. The monoisotopic (exact) mass is 266 g/mol. The van der Waals surface area contributed by atoms with Crippen LogP contribution in [0, 0.1) is 0 Å². The Balaban J connectivity index is 1.81. The number of morpholine rings is 1. The van der Waals surface area contributed by atoms with Gasteiger partial charge in [-0.3, -0.25) is 0 Å². The molecule has 0 aliphatic carbocycles. The largest absolute Gasteiger partial charge is 0.493 e. The second kappa shape index (κ2) is 7.21. The molecular weight excluding hydrogens is 244 g/mol. The van der Waals surface area contributed by atoms with Crippen molar-refractivity contribution in [3.05, 3.63) is 18.2 Å². The SMILES string of the molecule is COc1ccc(NCCC2COCCN2)cc1OC. The third-order valence-electron chi connectivity index (χ3n) is 3.20. The van der Waals surface area contributed by atoms with Gasteiger partial charge in [-0.2, -0.15) is 0 Å². The smallest absolute Gasteiger partial charge is 0.162 e. The van der Waals surface area contributed by atoms with Gasteiger partial charge in [-0.05, 0) is 18.6 Å². The van der Waals surface area contributed by atoms with Crippen molar-refractivity contribution in [3.63, 3.8) is 0 Å². The van der Waals surface area contributed by atoms with Gasteiger partial charge in [0.05, 0.1) is 27.4 Å². The third kappa shape index (κ3) is 4.01. The highest BCUT2D eigenvalue weighted by Gasteiger charge is 2.12. The summed E-state index contributed by atoms with van der Waals surface area (Å²) in [6, 6.07) is 6.29. The number of nitrogens with one attached hydrogen (secondary N) is 2. The Morgan fingerprint density at radius 1 is 1.32 bits per heavy atom. The van der Waals surface area contributed by atoms with Gasteiger partial charge < -0.3 is 24.8 Å². The summed E-state index contributed by atoms with van der Waals surface area (Å²) in [6.07, 6.45) is 1.04. The van der Waals surface area contributed by atoms with Gasteiger partial charge in [0.2, 0.25) is 0 Å². The second-order valence-electron chi connectivity index (χ2n) is 4.51. The highest BCUT2D eigenvalue weighted by molar-refractivity contribution is 5.54. The summed E-state index contributed by atoms with van der Waals surface area (Å²) < 4.78 is 15.9. The van der Waals surface area contributed by atoms with E-state index in [4.69, 9.17) is 14.2 Å². The van der Waals surface area contributed by atoms with E-state index in [0.717, 1.165) is 49.9 Å². The fourth-order valence-electron chi connectivity index (χ4n) is 2.14. The van der Waals surface area contributed by atoms with E-state index in [2.05, 4.69) is 10.6 Å². The first-order valence-corrected chi connectivity index (χ1v) is 6.60. The minimum absolute atomic E-state index is 0.446. The zero-order valence-electron chi connectivity index (χ0n) is 11.6. The molecule has 1 unspecified atom stereocenters. The molecule has 0 aromatic heterocycles. The first kappa shape index (κ1) is 14.0. The predicted molar refractivity (Wildman–Crippen MR) is 75.3 cm³/mol. The Kier molecular flexibility index (Phi) is 5.30. The first-order valence-electron chi connectivity index (χ1n) is 6.60. The van der Waals surface area contributed by atoms with Gasteiger partial charge in [0, 0.05) is 30.9 Å². The molecule has 19 heavy (non-hydrogen) atoms. The lowest BCUT2D eigenvalue weighted by Crippen LogP contribution is -2.42. The lowest BCUT2D eigenvalue weighted by atomic mass is 10.2. The number of benzene rings is 1. The molecule has 0 radical (unpaired) electrons. The Morgan fingerprint density at radius 2 is 2.16 bits per heavy atom. The summed E-state index contributed by atoms with van der Waals surface area (Å²) in [5, 5.41) is 6.82. The summed E-state index contributed by atoms with van der Waals surface area (Å²) in [5.74, 6) is 1.49. The van der Waals surface area contributed by atoms with Crippen LogP contribution in [-0.2, 0) is 4.74 Å². The molecule has 1 heterocycles. The van der Waals surface area contributed by atoms with Crippen molar-refractivity contribution in [1.82, 2.24) is 5.32 Å². The van der Waals surface area contributed by atoms with Gasteiger partial charge in [-0.1, -0.05) is 0 Å². The van der Waals surface area contributed by atoms with E-state index >= 15 is 0 Å². The molecule has 1 aromatic rings. The standard InChI is InChI=1S/C14H22N2O3/c1-17-13-4-3-11(9-14(13)18-2)15-6-5-12-10-19-8-7-16-12/h3-4,9,12,15-16H,5-8,10H2,1-2H3. The van der Waals surface area contributed by atoms with Crippen LogP contribution in [0.25, 0.3) is 0 Å². The minimum Gasteiger partial charge on any atom is -0.493 e. The molecule has 0 bridgehead atoms. The van der Waals surface area contributed by atoms with Crippen molar-refractivity contribution in [1.29, 1.82) is 0 Å². The molecule has 0 saturated carbocycles. The molecule has 1 aliphatic heterocycles. The van der Waals surface area contributed by atoms with E-state index in [1.54, 1.807) is 14.2 Å². The average Bonchev–Trinajstić information content (AvgIpc) is 2.48. The topological polar surface area (TPSA) is 51.8 Å². The predicted octanol–water partition coefficient (Wildman–Crippen LogP) is 1.49. The van der Waals surface area contributed by atoms with Crippen molar-refractivity contribution in [2.24, 2.45) is 0 Å². The van der Waals surface area contributed by atoms with Gasteiger partial charge in [-0.25, -0.2) is 0 Å². The van der Waals surface area contributed by atoms with Gasteiger partial charge in [-0.15, -0.1) is 0 Å². The minimum atomic E-state index is 0.446. The van der Waals surface area contributed by atoms with E-state index in [0.29, 0.717) is 6.04 Å². The maximum atomic E-state index is 5.42. The summed E-state index contributed by atoms with van der Waals surface area (Å²) in [4.78, 5) is 0. The van der Waals surface area contributed by atoms with Crippen LogP contribution in [0.3, 0.4) is 0 Å². The average molecular weight is 266 g/mol. The summed E-state index contributed by atoms with van der Waals surface area (Å²) in [6.45, 7) is 3.46. The van der Waals surface area contributed by atoms with E-state index < -0.39 is 0 Å². The van der Waals surface area contributed by atoms with E-state index in [1.807, 2.05) is 18.2 Å². The molecule has 1 saturated heterocycles. The number of hydrogen-bond donors (Lipinski definition) is 2. The van der Waals surface area contributed by atoms with Gasteiger partial charge in [0.25, 0.3) is 0 Å². The van der Waals surface area contributed by atoms with Crippen LogP contribution in [0.4, 0.5) is 5.69 Å². The molecule has 1 atom stereocenters. The quantitative estimate of drug-likeness (QED) is 0.817. The zero-order chi connectivity index (χ0) is 13.5. The van der Waals surface area contributed by atoms with Gasteiger partial charge in [0.1, 0.15) is 0 Å². The molecule has 0 amide bonds. The van der Waals surface area contributed by atoms with Crippen LogP contribution in [0.2, 0.25) is 0 Å². The van der Waals surface area contributed by atoms with Crippen LogP contribution >= 0.6 is 0 Å². The van der Waals surface area contributed by atoms with Crippen LogP contribution in [0.1, 0.15) is 6.42 Å². The fraction of sp³-hybridized carbons (Fsp3) is 0.571. The summed E-state index contributed by atoms with van der Waals surface area (Å²) in [5.41, 5.74) is 1.04. The Bertz CT molecular complexity index is 392. The van der Waals surface area contributed by atoms with E-state index in [-0.39, 0.29) is 0 Å². The van der Waals surface area contributed by atoms with Crippen LogP contribution in [0.15, 0.2) is 18.2 Å².